The second kappa shape index (κ2) is 9.15. The molecule has 0 aromatic heterocycles. The summed E-state index contributed by atoms with van der Waals surface area (Å²) < 4.78 is 54.1. The Labute approximate surface area is 171 Å². The summed E-state index contributed by atoms with van der Waals surface area (Å²) in [6.07, 6.45) is 1.66. The lowest BCUT2D eigenvalue weighted by atomic mass is 9.95. The normalized spacial score (nSPS) is 14.9. The second-order valence-corrected chi connectivity index (χ2v) is 7.08. The molecular weight excluding hydrogens is 400 g/mol. The highest BCUT2D eigenvalue weighted by Crippen LogP contribution is 2.48. The fourth-order valence-corrected chi connectivity index (χ4v) is 3.14. The van der Waals surface area contributed by atoms with Crippen molar-refractivity contribution in [3.05, 3.63) is 65.2 Å². The monoisotopic (exact) mass is 422 g/mol. The Morgan fingerprint density at radius 3 is 2.40 bits per heavy atom. The van der Waals surface area contributed by atoms with Crippen molar-refractivity contribution < 1.29 is 22.4 Å². The van der Waals surface area contributed by atoms with E-state index in [1.54, 1.807) is 18.2 Å². The first-order valence-electron chi connectivity index (χ1n) is 9.57. The fourth-order valence-electron chi connectivity index (χ4n) is 3.14. The zero-order chi connectivity index (χ0) is 21.7. The van der Waals surface area contributed by atoms with Crippen LogP contribution < -0.4 is 16.0 Å². The number of hydrogen-bond acceptors (Lipinski definition) is 2. The molecule has 5 nitrogen and oxygen atoms in total. The number of nitrogens with zero attached hydrogens (tertiary/aromatic N) is 1. The maximum absolute atomic E-state index is 14.1. The van der Waals surface area contributed by atoms with Gasteiger partial charge in [0.05, 0.1) is 5.69 Å². The number of benzene rings is 2. The molecule has 0 unspecified atom stereocenters. The van der Waals surface area contributed by atoms with E-state index in [0.29, 0.717) is 24.6 Å². The quantitative estimate of drug-likeness (QED) is 0.277. The third-order valence-corrected chi connectivity index (χ3v) is 4.93. The minimum absolute atomic E-state index is 0.258. The van der Waals surface area contributed by atoms with Crippen molar-refractivity contribution in [2.75, 3.05) is 25.0 Å². The summed E-state index contributed by atoms with van der Waals surface area (Å²) in [6, 6.07) is 8.28. The van der Waals surface area contributed by atoms with Gasteiger partial charge in [-0.2, -0.15) is 0 Å². The Kier molecular flexibility index (Phi) is 6.59. The molecule has 0 spiro atoms. The minimum Gasteiger partial charge on any atom is -0.357 e. The summed E-state index contributed by atoms with van der Waals surface area (Å²) in [7, 11) is 0. The third kappa shape index (κ3) is 4.90. The van der Waals surface area contributed by atoms with Gasteiger partial charge < -0.3 is 16.0 Å². The van der Waals surface area contributed by atoms with E-state index in [2.05, 4.69) is 20.9 Å². The zero-order valence-electron chi connectivity index (χ0n) is 16.4. The minimum atomic E-state index is -1.66. The third-order valence-electron chi connectivity index (χ3n) is 4.93. The average Bonchev–Trinajstić information content (AvgIpc) is 3.52. The first kappa shape index (κ1) is 21.6. The van der Waals surface area contributed by atoms with Crippen LogP contribution in [0.5, 0.6) is 0 Å². The highest BCUT2D eigenvalue weighted by Gasteiger charge is 2.45. The SMILES string of the molecule is CCNC(=NCC(=O)Nc1ccc(F)c(F)c1F)NCC1(c2ccccc2F)CC1. The molecule has 1 amide bonds. The molecule has 160 valence electrons. The lowest BCUT2D eigenvalue weighted by molar-refractivity contribution is -0.114. The predicted octanol–water partition coefficient (Wildman–Crippen LogP) is 3.47. The Morgan fingerprint density at radius 1 is 1.00 bits per heavy atom. The lowest BCUT2D eigenvalue weighted by Crippen LogP contribution is -2.42. The molecule has 30 heavy (non-hydrogen) atoms. The van der Waals surface area contributed by atoms with Crippen molar-refractivity contribution in [3.8, 4) is 0 Å². The number of hydrogen-bond donors (Lipinski definition) is 3. The molecule has 0 saturated heterocycles. The molecule has 1 saturated carbocycles. The van der Waals surface area contributed by atoms with E-state index in [-0.39, 0.29) is 17.8 Å². The zero-order valence-corrected chi connectivity index (χ0v) is 16.4. The Morgan fingerprint density at radius 2 is 1.73 bits per heavy atom. The lowest BCUT2D eigenvalue weighted by Gasteiger charge is -2.19. The number of aliphatic imine (C=N–C) groups is 1. The molecule has 9 heteroatoms. The summed E-state index contributed by atoms with van der Waals surface area (Å²) in [5.41, 5.74) is -0.151. The van der Waals surface area contributed by atoms with E-state index in [4.69, 9.17) is 0 Å². The van der Waals surface area contributed by atoms with Crippen LogP contribution in [0, 0.1) is 23.3 Å². The number of amides is 1. The highest BCUT2D eigenvalue weighted by molar-refractivity contribution is 5.94. The van der Waals surface area contributed by atoms with Crippen LogP contribution in [0.15, 0.2) is 41.4 Å². The summed E-state index contributed by atoms with van der Waals surface area (Å²) in [4.78, 5) is 16.2. The van der Waals surface area contributed by atoms with E-state index in [9.17, 15) is 22.4 Å². The topological polar surface area (TPSA) is 65.5 Å². The molecular formula is C21H22F4N4O. The van der Waals surface area contributed by atoms with E-state index in [1.807, 2.05) is 6.92 Å². The number of nitrogens with one attached hydrogen (secondary N) is 3. The molecule has 0 atom stereocenters. The summed E-state index contributed by atoms with van der Waals surface area (Å²) in [6.45, 7) is 2.43. The Hall–Kier alpha value is -3.10. The van der Waals surface area contributed by atoms with Crippen molar-refractivity contribution in [3.63, 3.8) is 0 Å². The molecule has 3 rings (SSSR count). The van der Waals surface area contributed by atoms with Crippen LogP contribution in [0.4, 0.5) is 23.2 Å². The molecule has 0 aliphatic heterocycles. The summed E-state index contributed by atoms with van der Waals surface area (Å²) >= 11 is 0. The molecule has 0 radical (unpaired) electrons. The van der Waals surface area contributed by atoms with Gasteiger partial charge in [0.15, 0.2) is 23.4 Å². The van der Waals surface area contributed by atoms with Gasteiger partial charge >= 0.3 is 0 Å². The first-order valence-corrected chi connectivity index (χ1v) is 9.57. The largest absolute Gasteiger partial charge is 0.357 e. The van der Waals surface area contributed by atoms with Crippen molar-refractivity contribution in [1.82, 2.24) is 10.6 Å². The summed E-state index contributed by atoms with van der Waals surface area (Å²) in [5, 5.41) is 8.24. The molecule has 1 aliphatic carbocycles. The number of anilines is 1. The first-order chi connectivity index (χ1) is 14.4. The van der Waals surface area contributed by atoms with E-state index in [1.165, 1.54) is 6.07 Å². The van der Waals surface area contributed by atoms with Crippen LogP contribution >= 0.6 is 0 Å². The molecule has 2 aromatic rings. The Bertz CT molecular complexity index is 960. The molecule has 0 heterocycles. The van der Waals surface area contributed by atoms with Crippen LogP contribution in [0.1, 0.15) is 25.3 Å². The number of rotatable bonds is 7. The molecule has 0 bridgehead atoms. The molecule has 1 aliphatic rings. The molecule has 1 fully saturated rings. The average molecular weight is 422 g/mol. The van der Waals surface area contributed by atoms with Crippen LogP contribution in [-0.4, -0.2) is 31.5 Å². The molecule has 2 aromatic carbocycles. The van der Waals surface area contributed by atoms with Gasteiger partial charge in [0.1, 0.15) is 12.4 Å². The van der Waals surface area contributed by atoms with Crippen LogP contribution in [0.3, 0.4) is 0 Å². The van der Waals surface area contributed by atoms with Crippen molar-refractivity contribution in [1.29, 1.82) is 0 Å². The number of guanidine groups is 1. The van der Waals surface area contributed by atoms with Gasteiger partial charge in [-0.3, -0.25) is 4.79 Å². The van der Waals surface area contributed by atoms with Crippen LogP contribution in [0.25, 0.3) is 0 Å². The van der Waals surface area contributed by atoms with Gasteiger partial charge in [0.25, 0.3) is 0 Å². The van der Waals surface area contributed by atoms with Gasteiger partial charge in [0.2, 0.25) is 5.91 Å². The number of carbonyl (C=O) groups excluding carboxylic acids is 1. The maximum atomic E-state index is 14.1. The van der Waals surface area contributed by atoms with Crippen molar-refractivity contribution in [2.45, 2.75) is 25.2 Å². The number of carbonyl (C=O) groups is 1. The predicted molar refractivity (Wildman–Crippen MR) is 106 cm³/mol. The molecule has 3 N–H and O–H groups in total. The number of halogens is 4. The van der Waals surface area contributed by atoms with Crippen molar-refractivity contribution in [2.24, 2.45) is 4.99 Å². The van der Waals surface area contributed by atoms with Crippen molar-refractivity contribution >= 4 is 17.6 Å². The Balaban J connectivity index is 1.61. The smallest absolute Gasteiger partial charge is 0.246 e. The van der Waals surface area contributed by atoms with Gasteiger partial charge in [0, 0.05) is 18.5 Å². The highest BCUT2D eigenvalue weighted by atomic mass is 19.2. The van der Waals surface area contributed by atoms with Gasteiger partial charge in [-0.25, -0.2) is 22.6 Å². The van der Waals surface area contributed by atoms with Crippen LogP contribution in [0.2, 0.25) is 0 Å². The standard InChI is InChI=1S/C21H22F4N4O/c1-2-26-20(28-12-21(9-10-21)13-5-3-4-6-14(13)22)27-11-17(30)29-16-8-7-15(23)18(24)19(16)25/h3-8H,2,9-12H2,1H3,(H,29,30)(H2,26,27,28). The maximum Gasteiger partial charge on any atom is 0.246 e. The van der Waals surface area contributed by atoms with E-state index in [0.717, 1.165) is 25.0 Å². The van der Waals surface area contributed by atoms with Gasteiger partial charge in [-0.15, -0.1) is 0 Å². The summed E-state index contributed by atoms with van der Waals surface area (Å²) in [5.74, 6) is -5.10. The van der Waals surface area contributed by atoms with Crippen LogP contribution in [-0.2, 0) is 10.2 Å². The van der Waals surface area contributed by atoms with E-state index < -0.39 is 29.0 Å². The van der Waals surface area contributed by atoms with Gasteiger partial charge in [-0.1, -0.05) is 18.2 Å². The fraction of sp³-hybridized carbons (Fsp3) is 0.333. The van der Waals surface area contributed by atoms with Gasteiger partial charge in [-0.05, 0) is 43.5 Å². The van der Waals surface area contributed by atoms with E-state index >= 15 is 0 Å². The second-order valence-electron chi connectivity index (χ2n) is 7.08.